The number of nitrogens with zero attached hydrogens (tertiary/aromatic N) is 2. The van der Waals surface area contributed by atoms with E-state index in [0.717, 1.165) is 16.9 Å². The first-order valence-electron chi connectivity index (χ1n) is 11.1. The van der Waals surface area contributed by atoms with Crippen molar-refractivity contribution in [3.8, 4) is 0 Å². The number of nitrogens with one attached hydrogen (secondary N) is 1. The summed E-state index contributed by atoms with van der Waals surface area (Å²) >= 11 is 1.72. The highest BCUT2D eigenvalue weighted by Crippen LogP contribution is 2.61. The van der Waals surface area contributed by atoms with Crippen molar-refractivity contribution in [2.45, 2.75) is 17.5 Å². The fourth-order valence-electron chi connectivity index (χ4n) is 6.03. The summed E-state index contributed by atoms with van der Waals surface area (Å²) in [7, 11) is 0. The molecule has 3 aliphatic rings. The lowest BCUT2D eigenvalue weighted by Gasteiger charge is -2.36. The molecule has 3 heterocycles. The fraction of sp³-hybridized carbons (Fsp3) is 0.231. The molecule has 34 heavy (non-hydrogen) atoms. The molecule has 3 aromatic rings. The highest BCUT2D eigenvalue weighted by atomic mass is 32.2. The third kappa shape index (κ3) is 2.82. The van der Waals surface area contributed by atoms with Crippen LogP contribution in [0.3, 0.4) is 0 Å². The van der Waals surface area contributed by atoms with E-state index in [2.05, 4.69) is 10.2 Å². The third-order valence-electron chi connectivity index (χ3n) is 7.33. The molecule has 0 unspecified atom stereocenters. The van der Waals surface area contributed by atoms with E-state index < -0.39 is 16.4 Å². The van der Waals surface area contributed by atoms with Gasteiger partial charge in [-0.25, -0.2) is 0 Å². The van der Waals surface area contributed by atoms with Crippen LogP contribution < -0.4 is 5.32 Å². The SMILES string of the molecule is O=C(c1ccccc1)[C@@H]1[C@H](c2cccc([N+](=O)[O-])c2)[C@H]2CSCN2[C@@]12C(=O)Nc1ccccc12. The average Bonchev–Trinajstić information content (AvgIpc) is 3.52. The summed E-state index contributed by atoms with van der Waals surface area (Å²) in [5.41, 5.74) is 1.58. The van der Waals surface area contributed by atoms with E-state index >= 15 is 0 Å². The van der Waals surface area contributed by atoms with Crippen LogP contribution in [0.4, 0.5) is 11.4 Å². The quantitative estimate of drug-likeness (QED) is 0.344. The minimum absolute atomic E-state index is 0.0159. The van der Waals surface area contributed by atoms with E-state index in [0.29, 0.717) is 17.1 Å². The van der Waals surface area contributed by atoms with Gasteiger partial charge in [0.1, 0.15) is 5.54 Å². The number of amides is 1. The third-order valence-corrected chi connectivity index (χ3v) is 8.37. The summed E-state index contributed by atoms with van der Waals surface area (Å²) in [6.07, 6.45) is 0. The Labute approximate surface area is 200 Å². The summed E-state index contributed by atoms with van der Waals surface area (Å²) in [6, 6.07) is 23.0. The zero-order valence-electron chi connectivity index (χ0n) is 18.1. The predicted octanol–water partition coefficient (Wildman–Crippen LogP) is 4.41. The number of Topliss-reactive ketones (excluding diaryl/α,β-unsaturated/α-hetero) is 1. The molecule has 3 aromatic carbocycles. The molecule has 1 amide bonds. The van der Waals surface area contributed by atoms with Crippen LogP contribution >= 0.6 is 11.8 Å². The van der Waals surface area contributed by atoms with Gasteiger partial charge in [-0.2, -0.15) is 0 Å². The Bertz CT molecular complexity index is 1330. The van der Waals surface area contributed by atoms with E-state index in [1.54, 1.807) is 36.0 Å². The predicted molar refractivity (Wildman–Crippen MR) is 130 cm³/mol. The molecule has 8 heteroatoms. The monoisotopic (exact) mass is 471 g/mol. The lowest BCUT2D eigenvalue weighted by atomic mass is 9.69. The number of para-hydroxylation sites is 1. The number of hydrogen-bond donors (Lipinski definition) is 1. The van der Waals surface area contributed by atoms with E-state index in [1.165, 1.54) is 6.07 Å². The number of thioether (sulfide) groups is 1. The molecular formula is C26H21N3O4S. The van der Waals surface area contributed by atoms with Crippen molar-refractivity contribution in [1.29, 1.82) is 0 Å². The normalized spacial score (nSPS) is 27.4. The van der Waals surface area contributed by atoms with Gasteiger partial charge < -0.3 is 5.32 Å². The maximum atomic E-state index is 14.2. The van der Waals surface area contributed by atoms with Crippen molar-refractivity contribution in [3.05, 3.63) is 106 Å². The molecule has 0 bridgehead atoms. The number of fused-ring (bicyclic) bond motifs is 4. The maximum absolute atomic E-state index is 14.2. The van der Waals surface area contributed by atoms with Gasteiger partial charge in [0.2, 0.25) is 5.91 Å². The maximum Gasteiger partial charge on any atom is 0.269 e. The lowest BCUT2D eigenvalue weighted by molar-refractivity contribution is -0.384. The van der Waals surface area contributed by atoms with E-state index in [-0.39, 0.29) is 29.3 Å². The minimum Gasteiger partial charge on any atom is -0.324 e. The van der Waals surface area contributed by atoms with Crippen LogP contribution in [0.25, 0.3) is 0 Å². The van der Waals surface area contributed by atoms with E-state index in [4.69, 9.17) is 0 Å². The van der Waals surface area contributed by atoms with Gasteiger partial charge in [-0.3, -0.25) is 24.6 Å². The molecule has 0 radical (unpaired) electrons. The number of carbonyl (C=O) groups excluding carboxylic acids is 2. The van der Waals surface area contributed by atoms with Crippen LogP contribution in [0.15, 0.2) is 78.9 Å². The minimum atomic E-state index is -1.17. The molecule has 7 nitrogen and oxygen atoms in total. The van der Waals surface area contributed by atoms with Gasteiger partial charge in [0.25, 0.3) is 5.69 Å². The van der Waals surface area contributed by atoms with Crippen LogP contribution in [-0.4, -0.2) is 39.2 Å². The molecular weight excluding hydrogens is 450 g/mol. The zero-order valence-corrected chi connectivity index (χ0v) is 18.9. The molecule has 1 N–H and O–H groups in total. The summed E-state index contributed by atoms with van der Waals surface area (Å²) in [6.45, 7) is 0. The van der Waals surface area contributed by atoms with Crippen molar-refractivity contribution in [1.82, 2.24) is 4.90 Å². The Kier molecular flexibility index (Phi) is 4.82. The number of carbonyl (C=O) groups is 2. The Balaban J connectivity index is 1.62. The molecule has 0 aromatic heterocycles. The van der Waals surface area contributed by atoms with Crippen molar-refractivity contribution in [2.75, 3.05) is 16.9 Å². The molecule has 2 saturated heterocycles. The molecule has 170 valence electrons. The first-order chi connectivity index (χ1) is 16.5. The van der Waals surface area contributed by atoms with Gasteiger partial charge in [-0.05, 0) is 11.6 Å². The van der Waals surface area contributed by atoms with Crippen LogP contribution in [0.2, 0.25) is 0 Å². The standard InChI is InChI=1S/C26H21N3O4S/c30-24(16-7-2-1-3-8-16)23-22(17-9-6-10-18(13-17)29(32)33)21-14-34-15-28(21)26(23)19-11-4-5-12-20(19)27-25(26)31/h1-13,21-23H,14-15H2,(H,27,31)/t21-,22-,23+,26-/m1/s1. The van der Waals surface area contributed by atoms with Crippen molar-refractivity contribution >= 4 is 34.8 Å². The van der Waals surface area contributed by atoms with Crippen molar-refractivity contribution in [2.24, 2.45) is 5.92 Å². The van der Waals surface area contributed by atoms with E-state index in [9.17, 15) is 19.7 Å². The van der Waals surface area contributed by atoms with Gasteiger partial charge >= 0.3 is 0 Å². The molecule has 0 aliphatic carbocycles. The Morgan fingerprint density at radius 1 is 1.06 bits per heavy atom. The Hall–Kier alpha value is -3.49. The summed E-state index contributed by atoms with van der Waals surface area (Å²) in [5, 5.41) is 14.6. The molecule has 6 rings (SSSR count). The molecule has 4 atom stereocenters. The smallest absolute Gasteiger partial charge is 0.269 e. The second kappa shape index (κ2) is 7.78. The lowest BCUT2D eigenvalue weighted by Crippen LogP contribution is -2.52. The Morgan fingerprint density at radius 2 is 1.82 bits per heavy atom. The summed E-state index contributed by atoms with van der Waals surface area (Å²) < 4.78 is 0. The van der Waals surface area contributed by atoms with Crippen LogP contribution in [0, 0.1) is 16.0 Å². The van der Waals surface area contributed by atoms with Crippen LogP contribution in [0.1, 0.15) is 27.4 Å². The van der Waals surface area contributed by atoms with Crippen LogP contribution in [0.5, 0.6) is 0 Å². The molecule has 1 spiro atoms. The second-order valence-corrected chi connectivity index (χ2v) is 9.89. The van der Waals surface area contributed by atoms with Gasteiger partial charge in [0.05, 0.1) is 10.8 Å². The number of rotatable bonds is 4. The average molecular weight is 472 g/mol. The molecule has 3 aliphatic heterocycles. The molecule has 2 fully saturated rings. The van der Waals surface area contributed by atoms with Gasteiger partial charge in [0, 0.05) is 52.5 Å². The zero-order chi connectivity index (χ0) is 23.4. The number of hydrogen-bond acceptors (Lipinski definition) is 6. The summed E-state index contributed by atoms with van der Waals surface area (Å²) in [5.74, 6) is -0.0859. The van der Waals surface area contributed by atoms with Crippen molar-refractivity contribution in [3.63, 3.8) is 0 Å². The number of benzene rings is 3. The first kappa shape index (κ1) is 21.1. The van der Waals surface area contributed by atoms with Gasteiger partial charge in [-0.15, -0.1) is 11.8 Å². The number of non-ortho nitro benzene ring substituents is 1. The largest absolute Gasteiger partial charge is 0.324 e. The highest BCUT2D eigenvalue weighted by Gasteiger charge is 2.69. The van der Waals surface area contributed by atoms with E-state index in [1.807, 2.05) is 48.5 Å². The van der Waals surface area contributed by atoms with Gasteiger partial charge in [0.15, 0.2) is 5.78 Å². The highest BCUT2D eigenvalue weighted by molar-refractivity contribution is 7.99. The summed E-state index contributed by atoms with van der Waals surface area (Å²) in [4.78, 5) is 41.4. The number of anilines is 1. The van der Waals surface area contributed by atoms with Gasteiger partial charge in [-0.1, -0.05) is 60.7 Å². The second-order valence-electron chi connectivity index (χ2n) is 8.89. The van der Waals surface area contributed by atoms with Crippen LogP contribution in [-0.2, 0) is 10.3 Å². The topological polar surface area (TPSA) is 92.5 Å². The van der Waals surface area contributed by atoms with Crippen molar-refractivity contribution < 1.29 is 14.5 Å². The number of nitro groups is 1. The molecule has 0 saturated carbocycles. The number of ketones is 1. The number of nitro benzene ring substituents is 1. The fourth-order valence-corrected chi connectivity index (χ4v) is 7.36. The Morgan fingerprint density at radius 3 is 2.62 bits per heavy atom. The first-order valence-corrected chi connectivity index (χ1v) is 12.3.